The number of anilines is 1. The van der Waals surface area contributed by atoms with E-state index in [1.54, 1.807) is 6.20 Å². The summed E-state index contributed by atoms with van der Waals surface area (Å²) in [6.07, 6.45) is 6.15. The number of nitrogens with two attached hydrogens (primary N) is 2. The Balaban J connectivity index is 1.58. The van der Waals surface area contributed by atoms with Gasteiger partial charge in [-0.1, -0.05) is 55.3 Å². The molecule has 0 aliphatic heterocycles. The molecule has 1 saturated carbocycles. The summed E-state index contributed by atoms with van der Waals surface area (Å²) < 4.78 is 4.02. The maximum Gasteiger partial charge on any atom is 0.270 e. The highest BCUT2D eigenvalue weighted by Gasteiger charge is 2.36. The maximum atomic E-state index is 14.1. The number of rotatable bonds is 9. The zero-order chi connectivity index (χ0) is 27.4. The molecular weight excluding hydrogens is 512 g/mol. The minimum atomic E-state index is -0.940. The minimum absolute atomic E-state index is 0.0585. The number of aromatic nitrogens is 2. The van der Waals surface area contributed by atoms with Crippen LogP contribution in [0.1, 0.15) is 63.0 Å². The average molecular weight is 543 g/mol. The predicted molar refractivity (Wildman–Crippen MR) is 151 cm³/mol. The van der Waals surface area contributed by atoms with Crippen LogP contribution in [0.25, 0.3) is 10.9 Å². The number of nitrogens with zero attached hydrogens (tertiary/aromatic N) is 3. The van der Waals surface area contributed by atoms with Gasteiger partial charge in [-0.2, -0.15) is 4.37 Å². The Morgan fingerprint density at radius 1 is 1.05 bits per heavy atom. The van der Waals surface area contributed by atoms with Crippen molar-refractivity contribution in [1.82, 2.24) is 19.6 Å². The summed E-state index contributed by atoms with van der Waals surface area (Å²) in [6, 6.07) is 18.2. The van der Waals surface area contributed by atoms with Crippen molar-refractivity contribution in [3.05, 3.63) is 88.6 Å². The first-order chi connectivity index (χ1) is 18.9. The molecule has 2 heterocycles. The van der Waals surface area contributed by atoms with E-state index < -0.39 is 17.9 Å². The lowest BCUT2D eigenvalue weighted by Crippen LogP contribution is -2.46. The Hall–Kier alpha value is -4.31. The van der Waals surface area contributed by atoms with Gasteiger partial charge < -0.3 is 21.7 Å². The van der Waals surface area contributed by atoms with Crippen LogP contribution in [-0.2, 0) is 11.2 Å². The largest absolute Gasteiger partial charge is 0.395 e. The van der Waals surface area contributed by atoms with Crippen molar-refractivity contribution in [2.75, 3.05) is 12.3 Å². The van der Waals surface area contributed by atoms with Gasteiger partial charge in [0.15, 0.2) is 5.69 Å². The summed E-state index contributed by atoms with van der Waals surface area (Å²) in [5.74, 6) is -1.55. The molecule has 10 heteroatoms. The predicted octanol–water partition coefficient (Wildman–Crippen LogP) is 3.86. The molecule has 0 saturated heterocycles. The van der Waals surface area contributed by atoms with Gasteiger partial charge in [0.1, 0.15) is 10.9 Å². The van der Waals surface area contributed by atoms with Gasteiger partial charge in [-0.25, -0.2) is 0 Å². The van der Waals surface area contributed by atoms with E-state index in [9.17, 15) is 14.4 Å². The molecule has 1 aliphatic carbocycles. The molecule has 4 aromatic rings. The van der Waals surface area contributed by atoms with Crippen molar-refractivity contribution >= 4 is 45.8 Å². The Bertz CT molecular complexity index is 1500. The van der Waals surface area contributed by atoms with Crippen LogP contribution in [0.4, 0.5) is 5.69 Å². The third kappa shape index (κ3) is 5.75. The normalized spacial score (nSPS) is 14.3. The van der Waals surface area contributed by atoms with Crippen LogP contribution in [0, 0.1) is 0 Å². The van der Waals surface area contributed by atoms with Crippen LogP contribution in [0.2, 0.25) is 0 Å². The van der Waals surface area contributed by atoms with E-state index >= 15 is 0 Å². The number of nitrogens with one attached hydrogen (secondary N) is 1. The van der Waals surface area contributed by atoms with E-state index in [-0.39, 0.29) is 34.8 Å². The number of amides is 3. The van der Waals surface area contributed by atoms with Gasteiger partial charge in [0, 0.05) is 24.2 Å². The summed E-state index contributed by atoms with van der Waals surface area (Å²) in [5.41, 5.74) is 13.8. The van der Waals surface area contributed by atoms with Gasteiger partial charge in [0.25, 0.3) is 11.8 Å². The first-order valence-corrected chi connectivity index (χ1v) is 13.7. The number of fused-ring (bicyclic) bond motifs is 1. The standard InChI is InChI=1S/C29H30N6O3S/c30-23-24(27(31)36)34-39-26(23)29(38)35(16-14-18-7-2-1-3-8-18)25(28(37)33-21-10-4-5-11-21)20-12-13-22-19(17-20)9-6-15-32-22/h1-3,6-9,12-13,15,17,21,25H,4-5,10-11,14,16,30H2,(H2,31,36)(H,33,37)/t25-/m0/s1. The van der Waals surface area contributed by atoms with Crippen LogP contribution < -0.4 is 16.8 Å². The van der Waals surface area contributed by atoms with E-state index in [0.717, 1.165) is 53.7 Å². The van der Waals surface area contributed by atoms with E-state index in [4.69, 9.17) is 11.5 Å². The summed E-state index contributed by atoms with van der Waals surface area (Å²) in [5, 5.41) is 4.04. The first-order valence-electron chi connectivity index (χ1n) is 13.0. The van der Waals surface area contributed by atoms with E-state index in [1.165, 1.54) is 4.90 Å². The number of primary amides is 1. The Kier molecular flexibility index (Phi) is 7.83. The number of hydrogen-bond donors (Lipinski definition) is 3. The van der Waals surface area contributed by atoms with Crippen molar-refractivity contribution in [2.45, 2.75) is 44.2 Å². The van der Waals surface area contributed by atoms with Gasteiger partial charge >= 0.3 is 0 Å². The molecular formula is C29H30N6O3S. The fourth-order valence-corrected chi connectivity index (χ4v) is 5.85. The Morgan fingerprint density at radius 2 is 1.82 bits per heavy atom. The molecule has 1 atom stereocenters. The van der Waals surface area contributed by atoms with Gasteiger partial charge in [-0.05, 0) is 60.1 Å². The van der Waals surface area contributed by atoms with Crippen LogP contribution >= 0.6 is 11.5 Å². The lowest BCUT2D eigenvalue weighted by molar-refractivity contribution is -0.126. The Morgan fingerprint density at radius 3 is 2.54 bits per heavy atom. The summed E-state index contributed by atoms with van der Waals surface area (Å²) in [7, 11) is 0. The minimum Gasteiger partial charge on any atom is -0.395 e. The average Bonchev–Trinajstić information content (AvgIpc) is 3.60. The van der Waals surface area contributed by atoms with Crippen molar-refractivity contribution in [2.24, 2.45) is 5.73 Å². The van der Waals surface area contributed by atoms with E-state index in [2.05, 4.69) is 14.7 Å². The van der Waals surface area contributed by atoms with Crippen LogP contribution in [0.15, 0.2) is 66.9 Å². The second kappa shape index (κ2) is 11.6. The highest BCUT2D eigenvalue weighted by atomic mass is 32.1. The molecule has 2 aromatic carbocycles. The van der Waals surface area contributed by atoms with Crippen molar-refractivity contribution in [1.29, 1.82) is 0 Å². The van der Waals surface area contributed by atoms with Crippen molar-refractivity contribution in [3.8, 4) is 0 Å². The number of hydrogen-bond acceptors (Lipinski definition) is 7. The second-order valence-electron chi connectivity index (χ2n) is 9.72. The monoisotopic (exact) mass is 542 g/mol. The number of benzene rings is 2. The van der Waals surface area contributed by atoms with Crippen LogP contribution in [-0.4, -0.2) is 44.6 Å². The molecule has 39 heavy (non-hydrogen) atoms. The molecule has 1 aliphatic rings. The summed E-state index contributed by atoms with van der Waals surface area (Å²) >= 11 is 0.814. The van der Waals surface area contributed by atoms with Gasteiger partial charge in [-0.3, -0.25) is 19.4 Å². The number of nitrogen functional groups attached to an aromatic ring is 1. The molecule has 5 N–H and O–H groups in total. The molecule has 0 bridgehead atoms. The van der Waals surface area contributed by atoms with E-state index in [0.29, 0.717) is 12.0 Å². The molecule has 9 nitrogen and oxygen atoms in total. The third-order valence-corrected chi connectivity index (χ3v) is 7.96. The van der Waals surface area contributed by atoms with Crippen molar-refractivity contribution in [3.63, 3.8) is 0 Å². The smallest absolute Gasteiger partial charge is 0.270 e. The Labute approximate surface area is 230 Å². The SMILES string of the molecule is NC(=O)c1nsc(C(=O)N(CCc2ccccc2)[C@H](C(=O)NC2CCCC2)c2ccc3ncccc3c2)c1N. The molecule has 2 aromatic heterocycles. The van der Waals surface area contributed by atoms with Gasteiger partial charge in [0.2, 0.25) is 5.91 Å². The van der Waals surface area contributed by atoms with Gasteiger partial charge in [-0.15, -0.1) is 0 Å². The molecule has 0 radical (unpaired) electrons. The van der Waals surface area contributed by atoms with Crippen molar-refractivity contribution < 1.29 is 14.4 Å². The lowest BCUT2D eigenvalue weighted by atomic mass is 10.00. The third-order valence-electron chi connectivity index (χ3n) is 7.11. The lowest BCUT2D eigenvalue weighted by Gasteiger charge is -2.32. The number of carbonyl (C=O) groups excluding carboxylic acids is 3. The molecule has 200 valence electrons. The molecule has 3 amide bonds. The topological polar surface area (TPSA) is 144 Å². The summed E-state index contributed by atoms with van der Waals surface area (Å²) in [4.78, 5) is 45.9. The van der Waals surface area contributed by atoms with Gasteiger partial charge in [0.05, 0.1) is 11.2 Å². The highest BCUT2D eigenvalue weighted by molar-refractivity contribution is 7.09. The number of pyridine rings is 1. The molecule has 0 unspecified atom stereocenters. The van der Waals surface area contributed by atoms with Crippen LogP contribution in [0.5, 0.6) is 0 Å². The first kappa shape index (κ1) is 26.3. The zero-order valence-corrected chi connectivity index (χ0v) is 22.2. The van der Waals surface area contributed by atoms with E-state index in [1.807, 2.05) is 60.7 Å². The highest BCUT2D eigenvalue weighted by Crippen LogP contribution is 2.31. The maximum absolute atomic E-state index is 14.1. The van der Waals surface area contributed by atoms with Crippen LogP contribution in [0.3, 0.4) is 0 Å². The zero-order valence-electron chi connectivity index (χ0n) is 21.4. The number of carbonyl (C=O) groups is 3. The fourth-order valence-electron chi connectivity index (χ4n) is 5.09. The molecule has 1 fully saturated rings. The second-order valence-corrected chi connectivity index (χ2v) is 10.5. The molecule has 0 spiro atoms. The molecule has 5 rings (SSSR count). The quantitative estimate of drug-likeness (QED) is 0.293. The fraction of sp³-hybridized carbons (Fsp3) is 0.276. The summed E-state index contributed by atoms with van der Waals surface area (Å²) in [6.45, 7) is 0.236.